The van der Waals surface area contributed by atoms with Gasteiger partial charge in [0.05, 0.1) is 0 Å². The number of hydrogen-bond donors (Lipinski definition) is 1. The van der Waals surface area contributed by atoms with Crippen LogP contribution in [0.1, 0.15) is 12.8 Å². The van der Waals surface area contributed by atoms with Crippen LogP contribution in [0.3, 0.4) is 0 Å². The zero-order valence-corrected chi connectivity index (χ0v) is 16.2. The highest BCUT2D eigenvalue weighted by molar-refractivity contribution is 5.73. The van der Waals surface area contributed by atoms with Crippen LogP contribution >= 0.6 is 0 Å². The minimum Gasteiger partial charge on any atom is -0.341 e. The number of nitrogens with one attached hydrogen (secondary N) is 1. The Morgan fingerprint density at radius 1 is 1.15 bits per heavy atom. The lowest BCUT2D eigenvalue weighted by Gasteiger charge is -2.33. The topological polar surface area (TPSA) is 69.5 Å². The van der Waals surface area contributed by atoms with Crippen molar-refractivity contribution in [2.45, 2.75) is 18.9 Å². The minimum absolute atomic E-state index is 0.0599. The Morgan fingerprint density at radius 3 is 2.37 bits per heavy atom. The van der Waals surface area contributed by atoms with E-state index in [2.05, 4.69) is 20.4 Å². The molecule has 0 unspecified atom stereocenters. The molecule has 1 N–H and O–H groups in total. The molecule has 0 saturated carbocycles. The molecule has 27 heavy (non-hydrogen) atoms. The first-order valence-corrected chi connectivity index (χ1v) is 8.98. The third kappa shape index (κ3) is 4.12. The summed E-state index contributed by atoms with van der Waals surface area (Å²) in [6.45, 7) is 1.59. The maximum Gasteiger partial charge on any atom is 0.317 e. The van der Waals surface area contributed by atoms with Crippen LogP contribution in [0.25, 0.3) is 0 Å². The van der Waals surface area contributed by atoms with Gasteiger partial charge in [-0.05, 0) is 37.1 Å². The second-order valence-electron chi connectivity index (χ2n) is 7.00. The molecular formula is C18H26FN7O. The monoisotopic (exact) mass is 375 g/mol. The van der Waals surface area contributed by atoms with E-state index in [-0.39, 0.29) is 17.9 Å². The van der Waals surface area contributed by atoms with Crippen molar-refractivity contribution < 1.29 is 9.18 Å². The van der Waals surface area contributed by atoms with Crippen molar-refractivity contribution in [3.05, 3.63) is 30.1 Å². The SMILES string of the molecule is CN(C)C(=O)NC1CCN(c2nnc(N(C)c3ccc(F)cc3)n2C)CC1. The molecule has 8 nitrogen and oxygen atoms in total. The lowest BCUT2D eigenvalue weighted by molar-refractivity contribution is 0.210. The summed E-state index contributed by atoms with van der Waals surface area (Å²) in [4.78, 5) is 17.4. The molecule has 0 radical (unpaired) electrons. The third-order valence-corrected chi connectivity index (χ3v) is 4.85. The van der Waals surface area contributed by atoms with Crippen LogP contribution in [0.2, 0.25) is 0 Å². The smallest absolute Gasteiger partial charge is 0.317 e. The molecule has 0 aliphatic carbocycles. The highest BCUT2D eigenvalue weighted by Gasteiger charge is 2.25. The number of benzene rings is 1. The van der Waals surface area contributed by atoms with Gasteiger partial charge in [-0.25, -0.2) is 9.18 Å². The zero-order valence-electron chi connectivity index (χ0n) is 16.2. The third-order valence-electron chi connectivity index (χ3n) is 4.85. The van der Waals surface area contributed by atoms with Crippen LogP contribution in [0, 0.1) is 5.82 Å². The van der Waals surface area contributed by atoms with Crippen molar-refractivity contribution in [2.75, 3.05) is 44.0 Å². The number of nitrogens with zero attached hydrogens (tertiary/aromatic N) is 6. The van der Waals surface area contributed by atoms with E-state index in [1.165, 1.54) is 12.1 Å². The summed E-state index contributed by atoms with van der Waals surface area (Å²) in [6, 6.07) is 6.39. The minimum atomic E-state index is -0.268. The van der Waals surface area contributed by atoms with E-state index >= 15 is 0 Å². The molecule has 0 bridgehead atoms. The summed E-state index contributed by atoms with van der Waals surface area (Å²) in [6.07, 6.45) is 1.71. The van der Waals surface area contributed by atoms with Crippen LogP contribution in [-0.2, 0) is 7.05 Å². The lowest BCUT2D eigenvalue weighted by Crippen LogP contribution is -2.48. The van der Waals surface area contributed by atoms with Crippen LogP contribution in [0.5, 0.6) is 0 Å². The second-order valence-corrected chi connectivity index (χ2v) is 7.00. The summed E-state index contributed by atoms with van der Waals surface area (Å²) < 4.78 is 15.1. The highest BCUT2D eigenvalue weighted by atomic mass is 19.1. The van der Waals surface area contributed by atoms with Crippen molar-refractivity contribution in [3.8, 4) is 0 Å². The van der Waals surface area contributed by atoms with Gasteiger partial charge in [-0.1, -0.05) is 0 Å². The van der Waals surface area contributed by atoms with Crippen LogP contribution in [0.4, 0.5) is 26.8 Å². The Kier molecular flexibility index (Phi) is 5.48. The van der Waals surface area contributed by atoms with Gasteiger partial charge >= 0.3 is 6.03 Å². The van der Waals surface area contributed by atoms with Gasteiger partial charge in [-0.2, -0.15) is 0 Å². The molecule has 2 aromatic rings. The van der Waals surface area contributed by atoms with Gasteiger partial charge < -0.3 is 20.0 Å². The van der Waals surface area contributed by atoms with Crippen molar-refractivity contribution in [3.63, 3.8) is 0 Å². The molecule has 1 aromatic heterocycles. The standard InChI is InChI=1S/C18H26FN7O/c1-23(2)18(27)20-14-9-11-26(12-10-14)17-22-21-16(25(17)4)24(3)15-7-5-13(19)6-8-15/h5-8,14H,9-12H2,1-4H3,(H,20,27). The maximum absolute atomic E-state index is 13.1. The fourth-order valence-electron chi connectivity index (χ4n) is 3.19. The normalized spacial score (nSPS) is 14.9. The van der Waals surface area contributed by atoms with Crippen molar-refractivity contribution in [1.29, 1.82) is 0 Å². The van der Waals surface area contributed by atoms with Gasteiger partial charge in [0.15, 0.2) is 0 Å². The Balaban J connectivity index is 1.66. The van der Waals surface area contributed by atoms with Crippen molar-refractivity contribution >= 4 is 23.6 Å². The Morgan fingerprint density at radius 2 is 1.78 bits per heavy atom. The number of hydrogen-bond acceptors (Lipinski definition) is 5. The van der Waals surface area contributed by atoms with Crippen molar-refractivity contribution in [1.82, 2.24) is 25.0 Å². The summed E-state index contributed by atoms with van der Waals surface area (Å²) in [5.74, 6) is 1.20. The van der Waals surface area contributed by atoms with E-state index in [0.29, 0.717) is 5.95 Å². The molecule has 1 fully saturated rings. The molecule has 3 rings (SSSR count). The lowest BCUT2D eigenvalue weighted by atomic mass is 10.1. The Labute approximate surface area is 158 Å². The number of aromatic nitrogens is 3. The zero-order chi connectivity index (χ0) is 19.6. The number of rotatable bonds is 4. The maximum atomic E-state index is 13.1. The summed E-state index contributed by atoms with van der Waals surface area (Å²) in [7, 11) is 7.28. The molecule has 1 aliphatic rings. The van der Waals surface area contributed by atoms with Gasteiger partial charge in [0, 0.05) is 53.0 Å². The molecule has 1 aliphatic heterocycles. The number of carbonyl (C=O) groups is 1. The molecule has 146 valence electrons. The van der Waals surface area contributed by atoms with E-state index in [1.54, 1.807) is 31.1 Å². The summed E-state index contributed by atoms with van der Waals surface area (Å²) >= 11 is 0. The first-order valence-electron chi connectivity index (χ1n) is 8.98. The fourth-order valence-corrected chi connectivity index (χ4v) is 3.19. The van der Waals surface area contributed by atoms with E-state index < -0.39 is 0 Å². The largest absolute Gasteiger partial charge is 0.341 e. The van der Waals surface area contributed by atoms with Gasteiger partial charge in [0.2, 0.25) is 11.9 Å². The number of anilines is 3. The average Bonchev–Trinajstić information content (AvgIpc) is 3.03. The van der Waals surface area contributed by atoms with Gasteiger partial charge in [-0.3, -0.25) is 4.57 Å². The van der Waals surface area contributed by atoms with Crippen LogP contribution in [0.15, 0.2) is 24.3 Å². The van der Waals surface area contributed by atoms with Gasteiger partial charge in [0.25, 0.3) is 0 Å². The first-order chi connectivity index (χ1) is 12.9. The van der Waals surface area contributed by atoms with Gasteiger partial charge in [-0.15, -0.1) is 10.2 Å². The predicted octanol–water partition coefficient (Wildman–Crippen LogP) is 1.96. The average molecular weight is 375 g/mol. The molecule has 0 atom stereocenters. The van der Waals surface area contributed by atoms with E-state index in [4.69, 9.17) is 0 Å². The Hall–Kier alpha value is -2.84. The number of urea groups is 1. The molecule has 2 amide bonds. The number of amides is 2. The summed E-state index contributed by atoms with van der Waals surface area (Å²) in [5.41, 5.74) is 0.837. The fraction of sp³-hybridized carbons (Fsp3) is 0.500. The molecule has 1 saturated heterocycles. The number of carbonyl (C=O) groups excluding carboxylic acids is 1. The van der Waals surface area contributed by atoms with Crippen molar-refractivity contribution in [2.24, 2.45) is 7.05 Å². The van der Waals surface area contributed by atoms with Crippen LogP contribution < -0.4 is 15.1 Å². The molecular weight excluding hydrogens is 349 g/mol. The predicted molar refractivity (Wildman–Crippen MR) is 103 cm³/mol. The second kappa shape index (κ2) is 7.81. The van der Waals surface area contributed by atoms with Gasteiger partial charge in [0.1, 0.15) is 5.82 Å². The van der Waals surface area contributed by atoms with E-state index in [1.807, 2.05) is 23.6 Å². The van der Waals surface area contributed by atoms with E-state index in [0.717, 1.165) is 37.6 Å². The number of piperidine rings is 1. The quantitative estimate of drug-likeness (QED) is 0.885. The summed E-state index contributed by atoms with van der Waals surface area (Å²) in [5, 5.41) is 11.7. The highest BCUT2D eigenvalue weighted by Crippen LogP contribution is 2.26. The Bertz CT molecular complexity index is 782. The first kappa shape index (κ1) is 18.9. The molecule has 9 heteroatoms. The number of halogens is 1. The molecule has 1 aromatic carbocycles. The van der Waals surface area contributed by atoms with Crippen LogP contribution in [-0.4, -0.2) is 66.0 Å². The van der Waals surface area contributed by atoms with E-state index in [9.17, 15) is 9.18 Å². The molecule has 2 heterocycles. The molecule has 0 spiro atoms.